The predicted molar refractivity (Wildman–Crippen MR) is 110 cm³/mol. The first kappa shape index (κ1) is 18.2. The summed E-state index contributed by atoms with van der Waals surface area (Å²) in [6, 6.07) is 16.8. The lowest BCUT2D eigenvalue weighted by Gasteiger charge is -2.31. The molecule has 0 spiro atoms. The molecular weight excluding hydrogens is 382 g/mol. The third-order valence-electron chi connectivity index (χ3n) is 5.44. The smallest absolute Gasteiger partial charge is 0.274 e. The minimum atomic E-state index is -0.299. The molecule has 150 valence electrons. The Labute approximate surface area is 171 Å². The van der Waals surface area contributed by atoms with Gasteiger partial charge in [0.25, 0.3) is 11.5 Å². The molecule has 1 saturated heterocycles. The summed E-state index contributed by atoms with van der Waals surface area (Å²) in [4.78, 5) is 28.4. The van der Waals surface area contributed by atoms with Crippen LogP contribution in [-0.2, 0) is 0 Å². The largest absolute Gasteiger partial charge is 0.337 e. The first-order valence-electron chi connectivity index (χ1n) is 9.82. The van der Waals surface area contributed by atoms with Crippen molar-refractivity contribution in [3.05, 3.63) is 70.6 Å². The SMILES string of the molecule is O=C(c1n[nH]c(=O)c2ccccc12)N1CCC(n2nnc(-c3ccccc3)n2)CC1. The Morgan fingerprint density at radius 2 is 1.67 bits per heavy atom. The van der Waals surface area contributed by atoms with Crippen molar-refractivity contribution in [3.63, 3.8) is 0 Å². The van der Waals surface area contributed by atoms with Crippen LogP contribution in [0.3, 0.4) is 0 Å². The van der Waals surface area contributed by atoms with Gasteiger partial charge in [-0.1, -0.05) is 48.5 Å². The number of carbonyl (C=O) groups is 1. The van der Waals surface area contributed by atoms with Crippen molar-refractivity contribution in [2.75, 3.05) is 13.1 Å². The number of benzene rings is 2. The summed E-state index contributed by atoms with van der Waals surface area (Å²) >= 11 is 0. The molecule has 1 aliphatic heterocycles. The van der Waals surface area contributed by atoms with E-state index < -0.39 is 0 Å². The Kier molecular flexibility index (Phi) is 4.55. The van der Waals surface area contributed by atoms with Gasteiger partial charge in [0.2, 0.25) is 5.82 Å². The molecule has 1 amide bonds. The van der Waals surface area contributed by atoms with Crippen LogP contribution in [0, 0.1) is 0 Å². The van der Waals surface area contributed by atoms with E-state index in [1.54, 1.807) is 34.0 Å². The number of H-pyrrole nitrogens is 1. The molecule has 0 radical (unpaired) electrons. The zero-order chi connectivity index (χ0) is 20.5. The van der Waals surface area contributed by atoms with E-state index in [4.69, 9.17) is 0 Å². The maximum absolute atomic E-state index is 13.0. The molecule has 9 heteroatoms. The normalized spacial score (nSPS) is 14.9. The highest BCUT2D eigenvalue weighted by atomic mass is 16.2. The van der Waals surface area contributed by atoms with Gasteiger partial charge in [0.15, 0.2) is 5.69 Å². The lowest BCUT2D eigenvalue weighted by molar-refractivity contribution is 0.0678. The van der Waals surface area contributed by atoms with Gasteiger partial charge < -0.3 is 4.90 Å². The molecule has 0 saturated carbocycles. The van der Waals surface area contributed by atoms with Crippen molar-refractivity contribution in [2.45, 2.75) is 18.9 Å². The number of carbonyl (C=O) groups excluding carboxylic acids is 1. The van der Waals surface area contributed by atoms with Crippen molar-refractivity contribution < 1.29 is 4.79 Å². The summed E-state index contributed by atoms with van der Waals surface area (Å²) in [5, 5.41) is 20.4. The fraction of sp³-hybridized carbons (Fsp3) is 0.238. The third-order valence-corrected chi connectivity index (χ3v) is 5.44. The quantitative estimate of drug-likeness (QED) is 0.563. The van der Waals surface area contributed by atoms with E-state index in [-0.39, 0.29) is 23.2 Å². The Hall–Kier alpha value is -3.88. The van der Waals surface area contributed by atoms with Crippen LogP contribution >= 0.6 is 0 Å². The van der Waals surface area contributed by atoms with Gasteiger partial charge in [0.1, 0.15) is 0 Å². The van der Waals surface area contributed by atoms with E-state index in [0.717, 1.165) is 18.4 Å². The van der Waals surface area contributed by atoms with Gasteiger partial charge in [-0.15, -0.1) is 10.2 Å². The molecule has 1 aliphatic rings. The number of nitrogens with one attached hydrogen (secondary N) is 1. The molecule has 0 aliphatic carbocycles. The van der Waals surface area contributed by atoms with E-state index in [1.807, 2.05) is 30.3 Å². The molecule has 4 aromatic rings. The second-order valence-electron chi connectivity index (χ2n) is 7.27. The summed E-state index contributed by atoms with van der Waals surface area (Å²) in [5.74, 6) is 0.412. The van der Waals surface area contributed by atoms with Gasteiger partial charge in [-0.3, -0.25) is 9.59 Å². The van der Waals surface area contributed by atoms with Crippen LogP contribution in [0.5, 0.6) is 0 Å². The number of fused-ring (bicyclic) bond motifs is 1. The van der Waals surface area contributed by atoms with Gasteiger partial charge >= 0.3 is 0 Å². The van der Waals surface area contributed by atoms with Gasteiger partial charge in [0.05, 0.1) is 11.4 Å². The fourth-order valence-corrected chi connectivity index (χ4v) is 3.81. The second kappa shape index (κ2) is 7.51. The highest BCUT2D eigenvalue weighted by molar-refractivity contribution is 6.04. The number of nitrogens with zero attached hydrogens (tertiary/aromatic N) is 6. The molecule has 0 unspecified atom stereocenters. The number of likely N-dealkylation sites (tertiary alicyclic amines) is 1. The number of tetrazole rings is 1. The van der Waals surface area contributed by atoms with Crippen LogP contribution in [0.25, 0.3) is 22.2 Å². The minimum Gasteiger partial charge on any atom is -0.337 e. The van der Waals surface area contributed by atoms with Crippen molar-refractivity contribution in [2.24, 2.45) is 0 Å². The molecule has 30 heavy (non-hydrogen) atoms. The Bertz CT molecular complexity index is 1260. The number of aromatic nitrogens is 6. The van der Waals surface area contributed by atoms with Gasteiger partial charge in [-0.2, -0.15) is 9.90 Å². The molecule has 5 rings (SSSR count). The number of rotatable bonds is 3. The maximum atomic E-state index is 13.0. The number of hydrogen-bond acceptors (Lipinski definition) is 6. The molecular formula is C21H19N7O2. The minimum absolute atomic E-state index is 0.0827. The molecule has 0 atom stereocenters. The summed E-state index contributed by atoms with van der Waals surface area (Å²) in [6.45, 7) is 1.11. The summed E-state index contributed by atoms with van der Waals surface area (Å²) in [5.41, 5.74) is 0.897. The predicted octanol–water partition coefficient (Wildman–Crippen LogP) is 2.05. The molecule has 2 aromatic carbocycles. The van der Waals surface area contributed by atoms with Crippen molar-refractivity contribution in [3.8, 4) is 11.4 Å². The lowest BCUT2D eigenvalue weighted by Crippen LogP contribution is -2.40. The molecule has 9 nitrogen and oxygen atoms in total. The summed E-state index contributed by atoms with van der Waals surface area (Å²) < 4.78 is 0. The number of hydrogen-bond donors (Lipinski definition) is 1. The highest BCUT2D eigenvalue weighted by Crippen LogP contribution is 2.24. The molecule has 3 heterocycles. The zero-order valence-electron chi connectivity index (χ0n) is 16.1. The van der Waals surface area contributed by atoms with Crippen LogP contribution in [0.4, 0.5) is 0 Å². The van der Waals surface area contributed by atoms with E-state index in [9.17, 15) is 9.59 Å². The standard InChI is InChI=1S/C21H19N7O2/c29-20-17-9-5-4-8-16(17)18(22-24-20)21(30)27-12-10-15(11-13-27)28-25-19(23-26-28)14-6-2-1-3-7-14/h1-9,15H,10-13H2,(H,24,29). The van der Waals surface area contributed by atoms with E-state index in [1.165, 1.54) is 0 Å². The van der Waals surface area contributed by atoms with Crippen molar-refractivity contribution in [1.29, 1.82) is 0 Å². The Morgan fingerprint density at radius 1 is 0.967 bits per heavy atom. The average molecular weight is 401 g/mol. The van der Waals surface area contributed by atoms with E-state index >= 15 is 0 Å². The third kappa shape index (κ3) is 3.24. The highest BCUT2D eigenvalue weighted by Gasteiger charge is 2.28. The first-order valence-corrected chi connectivity index (χ1v) is 9.82. The summed E-state index contributed by atoms with van der Waals surface area (Å²) in [7, 11) is 0. The average Bonchev–Trinajstić information content (AvgIpc) is 3.30. The first-order chi connectivity index (χ1) is 14.7. The molecule has 0 bridgehead atoms. The van der Waals surface area contributed by atoms with Crippen molar-refractivity contribution in [1.82, 2.24) is 35.3 Å². The molecule has 1 fully saturated rings. The van der Waals surface area contributed by atoms with Gasteiger partial charge in [0, 0.05) is 24.0 Å². The van der Waals surface area contributed by atoms with Crippen LogP contribution in [0.2, 0.25) is 0 Å². The molecule has 2 aromatic heterocycles. The van der Waals surface area contributed by atoms with Crippen molar-refractivity contribution >= 4 is 16.7 Å². The molecule has 1 N–H and O–H groups in total. The van der Waals surface area contributed by atoms with Gasteiger partial charge in [-0.25, -0.2) is 5.10 Å². The van der Waals surface area contributed by atoms with Crippen LogP contribution in [0.15, 0.2) is 59.4 Å². The maximum Gasteiger partial charge on any atom is 0.274 e. The fourth-order valence-electron chi connectivity index (χ4n) is 3.81. The summed E-state index contributed by atoms with van der Waals surface area (Å²) in [6.07, 6.45) is 1.44. The number of aromatic amines is 1. The Balaban J connectivity index is 1.31. The van der Waals surface area contributed by atoms with Crippen LogP contribution < -0.4 is 5.56 Å². The second-order valence-corrected chi connectivity index (χ2v) is 7.27. The number of amides is 1. The Morgan fingerprint density at radius 3 is 2.43 bits per heavy atom. The lowest BCUT2D eigenvalue weighted by atomic mass is 10.0. The topological polar surface area (TPSA) is 110 Å². The van der Waals surface area contributed by atoms with E-state index in [2.05, 4.69) is 25.6 Å². The van der Waals surface area contributed by atoms with Gasteiger partial charge in [-0.05, 0) is 24.1 Å². The zero-order valence-corrected chi connectivity index (χ0v) is 16.1. The van der Waals surface area contributed by atoms with Crippen LogP contribution in [-0.4, -0.2) is 54.3 Å². The number of piperidine rings is 1. The monoisotopic (exact) mass is 401 g/mol. The van der Waals surface area contributed by atoms with Crippen LogP contribution in [0.1, 0.15) is 29.4 Å². The van der Waals surface area contributed by atoms with E-state index in [0.29, 0.717) is 29.7 Å².